The standard InChI is InChI=1S/C26H30N2O3/c1-16(2)31-20-10-8-18(9-11-20)26-21-15-24(30-5)23(29-4)14-19(21)13-22(28-26)25-17(3)7-6-12-27-25/h6-12,14-16,22,26,28H,13H2,1-5H3/t22-,26-/m0/s1. The molecule has 5 heteroatoms. The fourth-order valence-corrected chi connectivity index (χ4v) is 4.28. The third-order valence-corrected chi connectivity index (χ3v) is 5.71. The van der Waals surface area contributed by atoms with Gasteiger partial charge in [0, 0.05) is 6.20 Å². The van der Waals surface area contributed by atoms with Crippen molar-refractivity contribution in [2.24, 2.45) is 0 Å². The van der Waals surface area contributed by atoms with Crippen LogP contribution in [-0.4, -0.2) is 25.3 Å². The molecule has 2 atom stereocenters. The van der Waals surface area contributed by atoms with Crippen molar-refractivity contribution in [2.75, 3.05) is 14.2 Å². The van der Waals surface area contributed by atoms with Crippen molar-refractivity contribution < 1.29 is 14.2 Å². The number of ether oxygens (including phenoxy) is 3. The highest BCUT2D eigenvalue weighted by atomic mass is 16.5. The van der Waals surface area contributed by atoms with Gasteiger partial charge in [0.1, 0.15) is 5.75 Å². The molecule has 4 rings (SSSR count). The second-order valence-corrected chi connectivity index (χ2v) is 8.20. The summed E-state index contributed by atoms with van der Waals surface area (Å²) in [5, 5.41) is 3.83. The highest BCUT2D eigenvalue weighted by molar-refractivity contribution is 5.52. The maximum atomic E-state index is 5.83. The van der Waals surface area contributed by atoms with E-state index in [1.165, 1.54) is 22.3 Å². The van der Waals surface area contributed by atoms with Crippen LogP contribution in [0.1, 0.15) is 53.9 Å². The van der Waals surface area contributed by atoms with Gasteiger partial charge in [0.25, 0.3) is 0 Å². The van der Waals surface area contributed by atoms with Gasteiger partial charge in [-0.05, 0) is 79.8 Å². The molecule has 0 unspecified atom stereocenters. The summed E-state index contributed by atoms with van der Waals surface area (Å²) < 4.78 is 17.0. The Morgan fingerprint density at radius 2 is 1.71 bits per heavy atom. The largest absolute Gasteiger partial charge is 0.493 e. The first-order valence-corrected chi connectivity index (χ1v) is 10.7. The SMILES string of the molecule is COc1cc2c(cc1OC)[C@H](c1ccc(OC(C)C)cc1)N[C@H](c1ncccc1C)C2. The molecule has 2 aromatic carbocycles. The monoisotopic (exact) mass is 418 g/mol. The number of pyridine rings is 1. The molecule has 1 aliphatic heterocycles. The molecule has 0 saturated heterocycles. The molecule has 0 saturated carbocycles. The predicted molar refractivity (Wildman–Crippen MR) is 122 cm³/mol. The summed E-state index contributed by atoms with van der Waals surface area (Å²) in [7, 11) is 3.35. The molecule has 0 amide bonds. The third-order valence-electron chi connectivity index (χ3n) is 5.71. The average molecular weight is 419 g/mol. The predicted octanol–water partition coefficient (Wildman–Crippen LogP) is 5.17. The minimum Gasteiger partial charge on any atom is -0.493 e. The summed E-state index contributed by atoms with van der Waals surface area (Å²) >= 11 is 0. The number of hydrogen-bond donors (Lipinski definition) is 1. The summed E-state index contributed by atoms with van der Waals surface area (Å²) in [5.74, 6) is 2.36. The second kappa shape index (κ2) is 8.98. The van der Waals surface area contributed by atoms with Crippen molar-refractivity contribution in [1.29, 1.82) is 0 Å². The minimum atomic E-state index is 0.00284. The summed E-state index contributed by atoms with van der Waals surface area (Å²) in [4.78, 5) is 4.69. The van der Waals surface area contributed by atoms with E-state index in [0.717, 1.165) is 29.4 Å². The number of fused-ring (bicyclic) bond motifs is 1. The normalized spacial score (nSPS) is 17.9. The van der Waals surface area contributed by atoms with E-state index in [-0.39, 0.29) is 18.2 Å². The van der Waals surface area contributed by atoms with Crippen LogP contribution in [0.5, 0.6) is 17.2 Å². The Labute approximate surface area is 184 Å². The average Bonchev–Trinajstić information content (AvgIpc) is 2.78. The Morgan fingerprint density at radius 1 is 1.00 bits per heavy atom. The van der Waals surface area contributed by atoms with Crippen molar-refractivity contribution >= 4 is 0 Å². The molecule has 31 heavy (non-hydrogen) atoms. The lowest BCUT2D eigenvalue weighted by molar-refractivity contribution is 0.242. The van der Waals surface area contributed by atoms with Crippen molar-refractivity contribution in [3.05, 3.63) is 82.7 Å². The first-order valence-electron chi connectivity index (χ1n) is 10.7. The Hall–Kier alpha value is -3.05. The molecule has 1 N–H and O–H groups in total. The molecular formula is C26H30N2O3. The molecule has 3 aromatic rings. The van der Waals surface area contributed by atoms with Crippen LogP contribution < -0.4 is 19.5 Å². The maximum Gasteiger partial charge on any atom is 0.161 e. The number of hydrogen-bond acceptors (Lipinski definition) is 5. The van der Waals surface area contributed by atoms with E-state index >= 15 is 0 Å². The van der Waals surface area contributed by atoms with Gasteiger partial charge in [-0.2, -0.15) is 0 Å². The molecule has 0 radical (unpaired) electrons. The molecule has 1 aromatic heterocycles. The van der Waals surface area contributed by atoms with Crippen LogP contribution in [0.25, 0.3) is 0 Å². The topological polar surface area (TPSA) is 52.6 Å². The van der Waals surface area contributed by atoms with Gasteiger partial charge < -0.3 is 14.2 Å². The van der Waals surface area contributed by atoms with Crippen LogP contribution >= 0.6 is 0 Å². The van der Waals surface area contributed by atoms with Crippen LogP contribution in [0.2, 0.25) is 0 Å². The van der Waals surface area contributed by atoms with Gasteiger partial charge in [0.15, 0.2) is 11.5 Å². The number of methoxy groups -OCH3 is 2. The van der Waals surface area contributed by atoms with Crippen molar-refractivity contribution in [1.82, 2.24) is 10.3 Å². The number of benzene rings is 2. The van der Waals surface area contributed by atoms with Crippen molar-refractivity contribution in [3.8, 4) is 17.2 Å². The molecule has 5 nitrogen and oxygen atoms in total. The molecule has 0 spiro atoms. The van der Waals surface area contributed by atoms with Gasteiger partial charge in [-0.1, -0.05) is 18.2 Å². The Bertz CT molecular complexity index is 1050. The van der Waals surface area contributed by atoms with Gasteiger partial charge in [-0.15, -0.1) is 0 Å². The molecule has 0 bridgehead atoms. The van der Waals surface area contributed by atoms with Gasteiger partial charge in [0.2, 0.25) is 0 Å². The molecule has 0 fully saturated rings. The summed E-state index contributed by atoms with van der Waals surface area (Å²) in [6, 6.07) is 16.7. The Balaban J connectivity index is 1.78. The van der Waals surface area contributed by atoms with Crippen LogP contribution in [0, 0.1) is 6.92 Å². The van der Waals surface area contributed by atoms with Crippen molar-refractivity contribution in [2.45, 2.75) is 45.4 Å². The zero-order valence-corrected chi connectivity index (χ0v) is 18.8. The molecule has 0 aliphatic carbocycles. The molecular weight excluding hydrogens is 388 g/mol. The first-order chi connectivity index (χ1) is 15.0. The van der Waals surface area contributed by atoms with Gasteiger partial charge in [-0.3, -0.25) is 10.3 Å². The quantitative estimate of drug-likeness (QED) is 0.598. The second-order valence-electron chi connectivity index (χ2n) is 8.20. The fraction of sp³-hybridized carbons (Fsp3) is 0.346. The zero-order valence-electron chi connectivity index (χ0n) is 18.8. The maximum absolute atomic E-state index is 5.83. The lowest BCUT2D eigenvalue weighted by atomic mass is 9.84. The molecule has 1 aliphatic rings. The van der Waals surface area contributed by atoms with E-state index in [0.29, 0.717) is 0 Å². The first kappa shape index (κ1) is 21.2. The highest BCUT2D eigenvalue weighted by Gasteiger charge is 2.31. The number of aromatic nitrogens is 1. The van der Waals surface area contributed by atoms with Crippen molar-refractivity contribution in [3.63, 3.8) is 0 Å². The molecule has 162 valence electrons. The van der Waals surface area contributed by atoms with Crippen LogP contribution in [0.4, 0.5) is 0 Å². The Kier molecular flexibility index (Phi) is 6.14. The van der Waals surface area contributed by atoms with E-state index in [2.05, 4.69) is 47.6 Å². The van der Waals surface area contributed by atoms with E-state index in [1.807, 2.05) is 38.2 Å². The number of nitrogens with one attached hydrogen (secondary N) is 1. The third kappa shape index (κ3) is 4.37. The van der Waals surface area contributed by atoms with Gasteiger partial charge in [-0.25, -0.2) is 0 Å². The number of aryl methyl sites for hydroxylation is 1. The summed E-state index contributed by atoms with van der Waals surface area (Å²) in [6.07, 6.45) is 2.84. The van der Waals surface area contributed by atoms with Gasteiger partial charge in [0.05, 0.1) is 38.1 Å². The number of nitrogens with zero attached hydrogens (tertiary/aromatic N) is 1. The van der Waals surface area contributed by atoms with Crippen LogP contribution in [0.15, 0.2) is 54.7 Å². The lowest BCUT2D eigenvalue weighted by Crippen LogP contribution is -2.35. The summed E-state index contributed by atoms with van der Waals surface area (Å²) in [5.41, 5.74) is 5.86. The lowest BCUT2D eigenvalue weighted by Gasteiger charge is -2.34. The number of rotatable bonds is 6. The highest BCUT2D eigenvalue weighted by Crippen LogP contribution is 2.41. The fourth-order valence-electron chi connectivity index (χ4n) is 4.28. The van der Waals surface area contributed by atoms with E-state index in [4.69, 9.17) is 14.2 Å². The van der Waals surface area contributed by atoms with E-state index in [9.17, 15) is 0 Å². The zero-order chi connectivity index (χ0) is 22.0. The Morgan fingerprint density at radius 3 is 2.35 bits per heavy atom. The van der Waals surface area contributed by atoms with Crippen LogP contribution in [-0.2, 0) is 6.42 Å². The van der Waals surface area contributed by atoms with E-state index in [1.54, 1.807) is 14.2 Å². The van der Waals surface area contributed by atoms with E-state index < -0.39 is 0 Å². The minimum absolute atomic E-state index is 0.00284. The van der Waals surface area contributed by atoms with Gasteiger partial charge >= 0.3 is 0 Å². The molecule has 2 heterocycles. The smallest absolute Gasteiger partial charge is 0.161 e. The van der Waals surface area contributed by atoms with Crippen LogP contribution in [0.3, 0.4) is 0 Å². The summed E-state index contributed by atoms with van der Waals surface area (Å²) in [6.45, 7) is 6.18.